The predicted octanol–water partition coefficient (Wildman–Crippen LogP) is 2.19. The molecule has 3 aliphatic heterocycles. The van der Waals surface area contributed by atoms with Crippen LogP contribution in [0.3, 0.4) is 0 Å². The number of aliphatic hydroxyl groups excluding tert-OH is 1. The van der Waals surface area contributed by atoms with Gasteiger partial charge in [-0.2, -0.15) is 0 Å². The maximum atomic E-state index is 14.3. The number of rotatable bonds is 9. The highest BCUT2D eigenvalue weighted by molar-refractivity contribution is 5.99. The molecule has 6 atom stereocenters. The molecule has 198 valence electrons. The number of nitrogens with one attached hydrogen (secondary N) is 2. The minimum atomic E-state index is -1.10. The van der Waals surface area contributed by atoms with E-state index in [1.165, 1.54) is 0 Å². The molecular weight excluding hydrogens is 458 g/mol. The average Bonchev–Trinajstić information content (AvgIpc) is 3.44. The Labute approximate surface area is 214 Å². The molecule has 36 heavy (non-hydrogen) atoms. The molecule has 3 heterocycles. The normalized spacial score (nSPS) is 31.9. The van der Waals surface area contributed by atoms with Crippen molar-refractivity contribution in [1.82, 2.24) is 15.5 Å². The van der Waals surface area contributed by atoms with E-state index in [0.717, 1.165) is 12.0 Å². The first kappa shape index (κ1) is 26.6. The van der Waals surface area contributed by atoms with Gasteiger partial charge >= 0.3 is 0 Å². The van der Waals surface area contributed by atoms with Gasteiger partial charge in [-0.05, 0) is 58.4 Å². The molecule has 8 nitrogen and oxygen atoms in total. The number of aliphatic hydroxyl groups is 1. The smallest absolute Gasteiger partial charge is 0.246 e. The number of hydrogen-bond donors (Lipinski definition) is 3. The van der Waals surface area contributed by atoms with Crippen LogP contribution in [0.2, 0.25) is 0 Å². The SMILES string of the molecule is CCCNC(=O)[C@@H]1[C@H]2C(=O)N([C@@H](CO)Cc3ccccc3)C(C(=O)NC(C)(C)C)C23CC[C@@]1(CC)O3. The highest BCUT2D eigenvalue weighted by Crippen LogP contribution is 2.64. The van der Waals surface area contributed by atoms with Crippen molar-refractivity contribution in [3.05, 3.63) is 35.9 Å². The molecule has 0 radical (unpaired) electrons. The summed E-state index contributed by atoms with van der Waals surface area (Å²) in [5.41, 5.74) is -1.42. The second kappa shape index (κ2) is 9.78. The third-order valence-electron chi connectivity index (χ3n) is 8.12. The van der Waals surface area contributed by atoms with Gasteiger partial charge in [-0.3, -0.25) is 14.4 Å². The molecule has 3 amide bonds. The Morgan fingerprint density at radius 2 is 1.86 bits per heavy atom. The fourth-order valence-electron chi connectivity index (χ4n) is 6.68. The topological polar surface area (TPSA) is 108 Å². The van der Waals surface area contributed by atoms with Crippen LogP contribution in [0.1, 0.15) is 65.9 Å². The first-order valence-corrected chi connectivity index (χ1v) is 13.3. The van der Waals surface area contributed by atoms with Gasteiger partial charge < -0.3 is 25.4 Å². The van der Waals surface area contributed by atoms with Crippen LogP contribution in [0.4, 0.5) is 0 Å². The molecule has 3 saturated heterocycles. The summed E-state index contributed by atoms with van der Waals surface area (Å²) >= 11 is 0. The number of carbonyl (C=O) groups excluding carboxylic acids is 3. The van der Waals surface area contributed by atoms with Gasteiger partial charge in [0.1, 0.15) is 11.6 Å². The summed E-state index contributed by atoms with van der Waals surface area (Å²) in [5.74, 6) is -2.18. The van der Waals surface area contributed by atoms with Crippen molar-refractivity contribution < 1.29 is 24.2 Å². The maximum absolute atomic E-state index is 14.3. The first-order chi connectivity index (χ1) is 17.0. The monoisotopic (exact) mass is 499 g/mol. The van der Waals surface area contributed by atoms with E-state index in [1.807, 2.05) is 65.0 Å². The zero-order valence-electron chi connectivity index (χ0n) is 22.2. The summed E-state index contributed by atoms with van der Waals surface area (Å²) in [4.78, 5) is 43.2. The lowest BCUT2D eigenvalue weighted by molar-refractivity contribution is -0.151. The van der Waals surface area contributed by atoms with Crippen molar-refractivity contribution in [1.29, 1.82) is 0 Å². The lowest BCUT2D eigenvalue weighted by Gasteiger charge is -2.38. The summed E-state index contributed by atoms with van der Waals surface area (Å²) in [7, 11) is 0. The molecule has 0 saturated carbocycles. The average molecular weight is 500 g/mol. The second-order valence-corrected chi connectivity index (χ2v) is 11.6. The molecule has 0 aromatic heterocycles. The molecule has 1 aromatic rings. The van der Waals surface area contributed by atoms with Crippen LogP contribution in [0.5, 0.6) is 0 Å². The van der Waals surface area contributed by atoms with E-state index >= 15 is 0 Å². The van der Waals surface area contributed by atoms with Crippen molar-refractivity contribution in [3.63, 3.8) is 0 Å². The summed E-state index contributed by atoms with van der Waals surface area (Å²) in [6.07, 6.45) is 2.92. The van der Waals surface area contributed by atoms with Gasteiger partial charge in [0, 0.05) is 12.1 Å². The molecule has 4 rings (SSSR count). The third-order valence-corrected chi connectivity index (χ3v) is 8.12. The molecule has 1 spiro atoms. The zero-order valence-corrected chi connectivity index (χ0v) is 22.2. The fourth-order valence-corrected chi connectivity index (χ4v) is 6.68. The highest BCUT2D eigenvalue weighted by Gasteiger charge is 2.79. The highest BCUT2D eigenvalue weighted by atomic mass is 16.5. The fraction of sp³-hybridized carbons (Fsp3) is 0.679. The van der Waals surface area contributed by atoms with E-state index in [2.05, 4.69) is 10.6 Å². The molecule has 1 aromatic carbocycles. The van der Waals surface area contributed by atoms with Crippen molar-refractivity contribution in [2.24, 2.45) is 11.8 Å². The number of amides is 3. The van der Waals surface area contributed by atoms with Crippen LogP contribution in [0.15, 0.2) is 30.3 Å². The molecule has 3 aliphatic rings. The van der Waals surface area contributed by atoms with E-state index in [9.17, 15) is 19.5 Å². The van der Waals surface area contributed by atoms with Gasteiger partial charge in [0.2, 0.25) is 17.7 Å². The van der Waals surface area contributed by atoms with E-state index in [-0.39, 0.29) is 24.3 Å². The van der Waals surface area contributed by atoms with Crippen molar-refractivity contribution in [2.45, 2.75) is 95.5 Å². The van der Waals surface area contributed by atoms with Crippen molar-refractivity contribution in [3.8, 4) is 0 Å². The Balaban J connectivity index is 1.79. The Kier molecular flexibility index (Phi) is 7.23. The molecular formula is C28H41N3O5. The van der Waals surface area contributed by atoms with Crippen LogP contribution in [0.25, 0.3) is 0 Å². The van der Waals surface area contributed by atoms with Crippen LogP contribution in [0, 0.1) is 11.8 Å². The Morgan fingerprint density at radius 3 is 2.44 bits per heavy atom. The quantitative estimate of drug-likeness (QED) is 0.483. The molecule has 2 unspecified atom stereocenters. The van der Waals surface area contributed by atoms with Crippen LogP contribution in [-0.4, -0.2) is 69.7 Å². The summed E-state index contributed by atoms with van der Waals surface area (Å²) in [5, 5.41) is 16.5. The Bertz CT molecular complexity index is 993. The van der Waals surface area contributed by atoms with E-state index in [0.29, 0.717) is 32.2 Å². The summed E-state index contributed by atoms with van der Waals surface area (Å²) in [6.45, 7) is 9.89. The minimum Gasteiger partial charge on any atom is -0.394 e. The van der Waals surface area contributed by atoms with Gasteiger partial charge in [0.25, 0.3) is 0 Å². The van der Waals surface area contributed by atoms with E-state index < -0.39 is 40.7 Å². The third kappa shape index (κ3) is 4.32. The Hall–Kier alpha value is -2.45. The number of carbonyl (C=O) groups is 3. The van der Waals surface area contributed by atoms with Crippen LogP contribution in [-0.2, 0) is 25.5 Å². The van der Waals surface area contributed by atoms with Gasteiger partial charge in [0.05, 0.1) is 30.1 Å². The van der Waals surface area contributed by atoms with Gasteiger partial charge in [-0.1, -0.05) is 44.2 Å². The van der Waals surface area contributed by atoms with Gasteiger partial charge in [-0.15, -0.1) is 0 Å². The molecule has 2 bridgehead atoms. The lowest BCUT2D eigenvalue weighted by Crippen LogP contribution is -2.60. The Morgan fingerprint density at radius 1 is 1.17 bits per heavy atom. The van der Waals surface area contributed by atoms with Gasteiger partial charge in [0.15, 0.2) is 0 Å². The molecule has 3 fully saturated rings. The lowest BCUT2D eigenvalue weighted by atomic mass is 9.65. The standard InChI is InChI=1S/C28H41N3O5/c1-6-15-29-23(33)20-21-25(35)31(19(17-32)16-18-11-9-8-10-12-18)22(24(34)30-26(3,4)5)28(21)14-13-27(20,7-2)36-28/h8-12,19-22,32H,6-7,13-17H2,1-5H3,(H,29,33)(H,30,34)/t19-,20+,21+,22?,27-,28?/m1/s1. The van der Waals surface area contributed by atoms with Crippen molar-refractivity contribution >= 4 is 17.7 Å². The summed E-state index contributed by atoms with van der Waals surface area (Å²) in [6, 6.07) is 8.09. The molecule has 0 aliphatic carbocycles. The van der Waals surface area contributed by atoms with Crippen LogP contribution >= 0.6 is 0 Å². The van der Waals surface area contributed by atoms with E-state index in [4.69, 9.17) is 4.74 Å². The minimum absolute atomic E-state index is 0.181. The summed E-state index contributed by atoms with van der Waals surface area (Å²) < 4.78 is 6.76. The number of likely N-dealkylation sites (tertiary alicyclic amines) is 1. The number of hydrogen-bond acceptors (Lipinski definition) is 5. The number of benzene rings is 1. The van der Waals surface area contributed by atoms with E-state index in [1.54, 1.807) is 4.90 Å². The molecule has 8 heteroatoms. The second-order valence-electron chi connectivity index (χ2n) is 11.6. The van der Waals surface area contributed by atoms with Crippen LogP contribution < -0.4 is 10.6 Å². The first-order valence-electron chi connectivity index (χ1n) is 13.3. The number of nitrogens with zero attached hydrogens (tertiary/aromatic N) is 1. The zero-order chi connectivity index (χ0) is 26.3. The predicted molar refractivity (Wildman–Crippen MR) is 136 cm³/mol. The van der Waals surface area contributed by atoms with Crippen molar-refractivity contribution in [2.75, 3.05) is 13.2 Å². The molecule has 3 N–H and O–H groups in total. The number of fused-ring (bicyclic) bond motifs is 1. The van der Waals surface area contributed by atoms with Gasteiger partial charge in [-0.25, -0.2) is 0 Å². The maximum Gasteiger partial charge on any atom is 0.246 e. The largest absolute Gasteiger partial charge is 0.394 e. The number of ether oxygens (including phenoxy) is 1.